The van der Waals surface area contributed by atoms with Crippen LogP contribution in [0.2, 0.25) is 5.02 Å². The zero-order valence-electron chi connectivity index (χ0n) is 9.49. The van der Waals surface area contributed by atoms with Crippen molar-refractivity contribution in [1.29, 1.82) is 0 Å². The number of benzene rings is 1. The normalized spacial score (nSPS) is 13.1. The SMILES string of the molecule is COCCONCc1cc(Cl)c2c(c1)OCO2. The molecule has 0 saturated carbocycles. The van der Waals surface area contributed by atoms with Crippen molar-refractivity contribution in [2.45, 2.75) is 6.54 Å². The molecular formula is C11H14ClNO4. The molecule has 1 aromatic rings. The summed E-state index contributed by atoms with van der Waals surface area (Å²) in [6.07, 6.45) is 0. The first-order chi connectivity index (χ1) is 8.31. The summed E-state index contributed by atoms with van der Waals surface area (Å²) < 4.78 is 15.3. The first-order valence-corrected chi connectivity index (χ1v) is 5.60. The maximum atomic E-state index is 6.04. The summed E-state index contributed by atoms with van der Waals surface area (Å²) in [5.41, 5.74) is 3.79. The minimum atomic E-state index is 0.219. The number of hydrogen-bond acceptors (Lipinski definition) is 5. The molecule has 17 heavy (non-hydrogen) atoms. The number of ether oxygens (including phenoxy) is 3. The fraction of sp³-hybridized carbons (Fsp3) is 0.455. The lowest BCUT2D eigenvalue weighted by molar-refractivity contribution is 0.00345. The monoisotopic (exact) mass is 259 g/mol. The van der Waals surface area contributed by atoms with E-state index in [1.807, 2.05) is 12.1 Å². The van der Waals surface area contributed by atoms with Gasteiger partial charge in [0, 0.05) is 13.7 Å². The number of halogens is 1. The van der Waals surface area contributed by atoms with Gasteiger partial charge in [0.1, 0.15) is 0 Å². The molecule has 94 valence electrons. The molecule has 0 saturated heterocycles. The van der Waals surface area contributed by atoms with Crippen LogP contribution in [0.1, 0.15) is 5.56 Å². The maximum Gasteiger partial charge on any atom is 0.231 e. The molecule has 0 unspecified atom stereocenters. The second kappa shape index (κ2) is 6.07. The van der Waals surface area contributed by atoms with Crippen LogP contribution in [0.3, 0.4) is 0 Å². The summed E-state index contributed by atoms with van der Waals surface area (Å²) >= 11 is 6.04. The van der Waals surface area contributed by atoms with Crippen molar-refractivity contribution in [1.82, 2.24) is 5.48 Å². The number of hydrogen-bond donors (Lipinski definition) is 1. The van der Waals surface area contributed by atoms with Crippen molar-refractivity contribution in [2.24, 2.45) is 0 Å². The summed E-state index contributed by atoms with van der Waals surface area (Å²) in [6.45, 7) is 1.81. The van der Waals surface area contributed by atoms with Gasteiger partial charge in [0.2, 0.25) is 6.79 Å². The lowest BCUT2D eigenvalue weighted by Crippen LogP contribution is -2.17. The van der Waals surface area contributed by atoms with Crippen LogP contribution < -0.4 is 15.0 Å². The second-order valence-corrected chi connectivity index (χ2v) is 3.88. The molecule has 2 rings (SSSR count). The molecule has 0 radical (unpaired) electrons. The van der Waals surface area contributed by atoms with Crippen LogP contribution in [0, 0.1) is 0 Å². The highest BCUT2D eigenvalue weighted by Crippen LogP contribution is 2.39. The van der Waals surface area contributed by atoms with Crippen molar-refractivity contribution >= 4 is 11.6 Å². The van der Waals surface area contributed by atoms with E-state index in [1.54, 1.807) is 7.11 Å². The van der Waals surface area contributed by atoms with E-state index in [9.17, 15) is 0 Å². The predicted molar refractivity (Wildman–Crippen MR) is 62.2 cm³/mol. The lowest BCUT2D eigenvalue weighted by atomic mass is 10.2. The van der Waals surface area contributed by atoms with Crippen LogP contribution in [0.25, 0.3) is 0 Å². The summed E-state index contributed by atoms with van der Waals surface area (Å²) in [6, 6.07) is 3.70. The first-order valence-electron chi connectivity index (χ1n) is 5.23. The van der Waals surface area contributed by atoms with Gasteiger partial charge in [-0.05, 0) is 17.7 Å². The third-order valence-electron chi connectivity index (χ3n) is 2.25. The summed E-state index contributed by atoms with van der Waals surface area (Å²) in [4.78, 5) is 5.15. The van der Waals surface area contributed by atoms with Crippen molar-refractivity contribution in [2.75, 3.05) is 27.1 Å². The Morgan fingerprint density at radius 2 is 2.24 bits per heavy atom. The molecule has 0 amide bonds. The average molecular weight is 260 g/mol. The zero-order valence-corrected chi connectivity index (χ0v) is 10.3. The van der Waals surface area contributed by atoms with Crippen molar-refractivity contribution in [3.8, 4) is 11.5 Å². The van der Waals surface area contributed by atoms with E-state index < -0.39 is 0 Å². The molecule has 1 aromatic carbocycles. The van der Waals surface area contributed by atoms with Crippen LogP contribution in [0.4, 0.5) is 0 Å². The Hall–Kier alpha value is -1.01. The van der Waals surface area contributed by atoms with Gasteiger partial charge in [0.05, 0.1) is 18.2 Å². The van der Waals surface area contributed by atoms with Crippen LogP contribution in [-0.4, -0.2) is 27.1 Å². The second-order valence-electron chi connectivity index (χ2n) is 3.47. The third kappa shape index (κ3) is 3.23. The van der Waals surface area contributed by atoms with Gasteiger partial charge >= 0.3 is 0 Å². The van der Waals surface area contributed by atoms with Gasteiger partial charge in [-0.3, -0.25) is 4.84 Å². The molecule has 1 aliphatic rings. The van der Waals surface area contributed by atoms with E-state index in [2.05, 4.69) is 5.48 Å². The minimum absolute atomic E-state index is 0.219. The zero-order chi connectivity index (χ0) is 12.1. The van der Waals surface area contributed by atoms with Gasteiger partial charge in [0.25, 0.3) is 0 Å². The molecule has 1 heterocycles. The Balaban J connectivity index is 1.87. The first kappa shape index (κ1) is 12.4. The molecule has 6 heteroatoms. The van der Waals surface area contributed by atoms with Crippen molar-refractivity contribution in [3.63, 3.8) is 0 Å². The van der Waals surface area contributed by atoms with Crippen LogP contribution >= 0.6 is 11.6 Å². The van der Waals surface area contributed by atoms with Crippen molar-refractivity contribution < 1.29 is 19.0 Å². The van der Waals surface area contributed by atoms with Crippen molar-refractivity contribution in [3.05, 3.63) is 22.7 Å². The summed E-state index contributed by atoms with van der Waals surface area (Å²) in [5, 5.41) is 0.550. The molecule has 5 nitrogen and oxygen atoms in total. The van der Waals surface area contributed by atoms with Gasteiger partial charge in [-0.15, -0.1) is 0 Å². The quantitative estimate of drug-likeness (QED) is 0.623. The Morgan fingerprint density at radius 1 is 1.35 bits per heavy atom. The molecule has 1 aliphatic heterocycles. The number of hydroxylamine groups is 1. The topological polar surface area (TPSA) is 49.0 Å². The van der Waals surface area contributed by atoms with E-state index in [1.165, 1.54) is 0 Å². The Morgan fingerprint density at radius 3 is 3.06 bits per heavy atom. The smallest absolute Gasteiger partial charge is 0.231 e. The predicted octanol–water partition coefficient (Wildman–Crippen LogP) is 1.74. The number of fused-ring (bicyclic) bond motifs is 1. The highest BCUT2D eigenvalue weighted by atomic mass is 35.5. The molecule has 0 aliphatic carbocycles. The number of nitrogens with one attached hydrogen (secondary N) is 1. The Kier molecular flexibility index (Phi) is 4.44. The Labute approximate surface area is 105 Å². The molecule has 0 atom stereocenters. The molecule has 0 bridgehead atoms. The highest BCUT2D eigenvalue weighted by Gasteiger charge is 2.17. The van der Waals surface area contributed by atoms with E-state index in [0.717, 1.165) is 5.56 Å². The fourth-order valence-electron chi connectivity index (χ4n) is 1.45. The highest BCUT2D eigenvalue weighted by molar-refractivity contribution is 6.32. The minimum Gasteiger partial charge on any atom is -0.454 e. The fourth-order valence-corrected chi connectivity index (χ4v) is 1.74. The number of methoxy groups -OCH3 is 1. The van der Waals surface area contributed by atoms with Crippen LogP contribution in [0.5, 0.6) is 11.5 Å². The molecular weight excluding hydrogens is 246 g/mol. The molecule has 1 N–H and O–H groups in total. The molecule has 0 fully saturated rings. The van der Waals surface area contributed by atoms with Gasteiger partial charge in [-0.25, -0.2) is 0 Å². The average Bonchev–Trinajstić information content (AvgIpc) is 2.77. The summed E-state index contributed by atoms with van der Waals surface area (Å²) in [5.74, 6) is 1.28. The van der Waals surface area contributed by atoms with E-state index in [0.29, 0.717) is 36.3 Å². The van der Waals surface area contributed by atoms with Crippen LogP contribution in [0.15, 0.2) is 12.1 Å². The van der Waals surface area contributed by atoms with E-state index in [-0.39, 0.29) is 6.79 Å². The van der Waals surface area contributed by atoms with Crippen LogP contribution in [-0.2, 0) is 16.1 Å². The maximum absolute atomic E-state index is 6.04. The third-order valence-corrected chi connectivity index (χ3v) is 2.54. The number of rotatable bonds is 6. The van der Waals surface area contributed by atoms with Gasteiger partial charge in [0.15, 0.2) is 11.5 Å². The van der Waals surface area contributed by atoms with Gasteiger partial charge < -0.3 is 14.2 Å². The van der Waals surface area contributed by atoms with Gasteiger partial charge in [-0.1, -0.05) is 11.6 Å². The molecule has 0 aromatic heterocycles. The van der Waals surface area contributed by atoms with E-state index in [4.69, 9.17) is 30.6 Å². The Bertz CT molecular complexity index is 386. The lowest BCUT2D eigenvalue weighted by Gasteiger charge is -2.07. The van der Waals surface area contributed by atoms with Gasteiger partial charge in [-0.2, -0.15) is 5.48 Å². The molecule has 0 spiro atoms. The van der Waals surface area contributed by atoms with E-state index >= 15 is 0 Å². The largest absolute Gasteiger partial charge is 0.454 e. The standard InChI is InChI=1S/C11H14ClNO4/c1-14-2-3-17-13-6-8-4-9(12)11-10(5-8)15-7-16-11/h4-5,13H,2-3,6-7H2,1H3. The summed E-state index contributed by atoms with van der Waals surface area (Å²) in [7, 11) is 1.63.